The van der Waals surface area contributed by atoms with Crippen molar-refractivity contribution in [3.63, 3.8) is 0 Å². The molecule has 21 heavy (non-hydrogen) atoms. The number of aromatic carboxylic acids is 1. The molecule has 0 spiro atoms. The summed E-state index contributed by atoms with van der Waals surface area (Å²) in [5.41, 5.74) is -0.251. The van der Waals surface area contributed by atoms with E-state index in [0.717, 1.165) is 6.07 Å². The summed E-state index contributed by atoms with van der Waals surface area (Å²) in [6.07, 6.45) is 0.684. The molecule has 110 valence electrons. The van der Waals surface area contributed by atoms with Crippen LogP contribution in [0.15, 0.2) is 21.1 Å². The zero-order valence-electron chi connectivity index (χ0n) is 10.6. The number of carboxylic acids is 1. The van der Waals surface area contributed by atoms with Crippen molar-refractivity contribution < 1.29 is 28.3 Å². The van der Waals surface area contributed by atoms with Crippen LogP contribution in [0.4, 0.5) is 4.39 Å². The summed E-state index contributed by atoms with van der Waals surface area (Å²) in [5, 5.41) is 12.2. The first-order valence-electron chi connectivity index (χ1n) is 6.06. The van der Waals surface area contributed by atoms with Crippen molar-refractivity contribution >= 4 is 21.9 Å². The maximum absolute atomic E-state index is 14.4. The maximum Gasteiger partial charge on any atom is 0.358 e. The monoisotopic (exact) mass is 357 g/mol. The Kier molecular flexibility index (Phi) is 3.54. The predicted molar refractivity (Wildman–Crippen MR) is 72.2 cm³/mol. The van der Waals surface area contributed by atoms with Gasteiger partial charge in [0.05, 0.1) is 23.2 Å². The number of fused-ring (bicyclic) bond motifs is 1. The molecule has 8 heteroatoms. The van der Waals surface area contributed by atoms with Crippen molar-refractivity contribution in [1.29, 1.82) is 0 Å². The molecular weight excluding hydrogens is 349 g/mol. The highest BCUT2D eigenvalue weighted by molar-refractivity contribution is 9.10. The third-order valence-corrected chi connectivity index (χ3v) is 3.62. The Morgan fingerprint density at radius 1 is 1.33 bits per heavy atom. The fraction of sp³-hybridized carbons (Fsp3) is 0.231. The molecule has 1 aliphatic heterocycles. The van der Waals surface area contributed by atoms with E-state index in [1.807, 2.05) is 0 Å². The van der Waals surface area contributed by atoms with Gasteiger partial charge in [-0.3, -0.25) is 0 Å². The lowest BCUT2D eigenvalue weighted by atomic mass is 10.1. The molecule has 6 nitrogen and oxygen atoms in total. The second-order valence-corrected chi connectivity index (χ2v) is 5.10. The average molecular weight is 358 g/mol. The highest BCUT2D eigenvalue weighted by Crippen LogP contribution is 2.43. The van der Waals surface area contributed by atoms with Crippen LogP contribution in [0, 0.1) is 5.82 Å². The Morgan fingerprint density at radius 2 is 2.10 bits per heavy atom. The molecule has 1 aromatic heterocycles. The number of nitrogens with zero attached hydrogens (tertiary/aromatic N) is 1. The van der Waals surface area contributed by atoms with Gasteiger partial charge in [0.25, 0.3) is 0 Å². The summed E-state index contributed by atoms with van der Waals surface area (Å²) in [5.74, 6) is -1.23. The molecule has 1 aromatic carbocycles. The molecule has 2 heterocycles. The average Bonchev–Trinajstić information content (AvgIpc) is 2.83. The molecule has 2 aromatic rings. The number of carbonyl (C=O) groups is 1. The first-order chi connectivity index (χ1) is 10.1. The summed E-state index contributed by atoms with van der Waals surface area (Å²) < 4.78 is 30.3. The van der Waals surface area contributed by atoms with E-state index in [-0.39, 0.29) is 27.2 Å². The molecule has 0 bridgehead atoms. The highest BCUT2D eigenvalue weighted by Gasteiger charge is 2.24. The number of carboxylic acid groups (broad SMARTS) is 1. The molecule has 0 atom stereocenters. The van der Waals surface area contributed by atoms with Gasteiger partial charge in [-0.15, -0.1) is 0 Å². The van der Waals surface area contributed by atoms with E-state index in [1.165, 1.54) is 6.07 Å². The van der Waals surface area contributed by atoms with Crippen LogP contribution in [0.5, 0.6) is 11.5 Å². The molecule has 1 aliphatic rings. The van der Waals surface area contributed by atoms with E-state index in [4.69, 9.17) is 19.1 Å². The van der Waals surface area contributed by atoms with Crippen LogP contribution in [0.1, 0.15) is 16.9 Å². The number of benzene rings is 1. The second-order valence-electron chi connectivity index (χ2n) is 4.31. The molecule has 1 N–H and O–H groups in total. The normalized spacial score (nSPS) is 13.8. The van der Waals surface area contributed by atoms with Crippen LogP contribution >= 0.6 is 15.9 Å². The van der Waals surface area contributed by atoms with Gasteiger partial charge in [-0.25, -0.2) is 9.18 Å². The SMILES string of the molecule is O=C(O)c1cc(-c2cc3c(c(Br)c2F)OCCCO3)on1. The fourth-order valence-electron chi connectivity index (χ4n) is 1.93. The van der Waals surface area contributed by atoms with Crippen LogP contribution in [-0.4, -0.2) is 29.4 Å². The maximum atomic E-state index is 14.4. The molecule has 3 rings (SSSR count). The van der Waals surface area contributed by atoms with Gasteiger partial charge in [-0.1, -0.05) is 5.16 Å². The van der Waals surface area contributed by atoms with Gasteiger partial charge in [-0.05, 0) is 22.0 Å². The fourth-order valence-corrected chi connectivity index (χ4v) is 2.45. The highest BCUT2D eigenvalue weighted by atomic mass is 79.9. The zero-order chi connectivity index (χ0) is 15.0. The van der Waals surface area contributed by atoms with Crippen molar-refractivity contribution in [1.82, 2.24) is 5.16 Å². The summed E-state index contributed by atoms with van der Waals surface area (Å²) in [6, 6.07) is 2.56. The summed E-state index contributed by atoms with van der Waals surface area (Å²) >= 11 is 3.13. The van der Waals surface area contributed by atoms with Gasteiger partial charge in [0.2, 0.25) is 0 Å². The van der Waals surface area contributed by atoms with Crippen LogP contribution in [0.3, 0.4) is 0 Å². The molecule has 0 aliphatic carbocycles. The van der Waals surface area contributed by atoms with Crippen LogP contribution in [-0.2, 0) is 0 Å². The van der Waals surface area contributed by atoms with Crippen LogP contribution < -0.4 is 9.47 Å². The van der Waals surface area contributed by atoms with E-state index in [9.17, 15) is 9.18 Å². The quantitative estimate of drug-likeness (QED) is 0.889. The van der Waals surface area contributed by atoms with E-state index in [0.29, 0.717) is 25.4 Å². The topological polar surface area (TPSA) is 81.8 Å². The van der Waals surface area contributed by atoms with Gasteiger partial charge >= 0.3 is 5.97 Å². The van der Waals surface area contributed by atoms with Crippen LogP contribution in [0.2, 0.25) is 0 Å². The Bertz CT molecular complexity index is 715. The standard InChI is InChI=1S/C13H9BrFNO5/c14-10-11(15)6(8-5-7(13(17)18)16-21-8)4-9-12(10)20-3-1-2-19-9/h4-5H,1-3H2,(H,17,18). The number of aromatic nitrogens is 1. The van der Waals surface area contributed by atoms with Crippen molar-refractivity contribution in [2.24, 2.45) is 0 Å². The molecule has 0 radical (unpaired) electrons. The smallest absolute Gasteiger partial charge is 0.358 e. The number of hydrogen-bond donors (Lipinski definition) is 1. The minimum Gasteiger partial charge on any atom is -0.489 e. The van der Waals surface area contributed by atoms with Crippen molar-refractivity contribution in [2.45, 2.75) is 6.42 Å². The largest absolute Gasteiger partial charge is 0.489 e. The Balaban J connectivity index is 2.12. The number of halogens is 2. The van der Waals surface area contributed by atoms with Gasteiger partial charge in [0.1, 0.15) is 0 Å². The zero-order valence-corrected chi connectivity index (χ0v) is 12.1. The third kappa shape index (κ3) is 2.46. The number of ether oxygens (including phenoxy) is 2. The summed E-state index contributed by atoms with van der Waals surface area (Å²) in [7, 11) is 0. The van der Waals surface area contributed by atoms with Gasteiger partial charge in [0, 0.05) is 12.5 Å². The van der Waals surface area contributed by atoms with E-state index >= 15 is 0 Å². The van der Waals surface area contributed by atoms with E-state index in [1.54, 1.807) is 0 Å². The van der Waals surface area contributed by atoms with Gasteiger partial charge in [-0.2, -0.15) is 0 Å². The third-order valence-electron chi connectivity index (χ3n) is 2.92. The van der Waals surface area contributed by atoms with Crippen molar-refractivity contribution in [2.75, 3.05) is 13.2 Å². The van der Waals surface area contributed by atoms with Gasteiger partial charge in [0.15, 0.2) is 28.8 Å². The molecule has 0 amide bonds. The van der Waals surface area contributed by atoms with Crippen LogP contribution in [0.25, 0.3) is 11.3 Å². The minimum atomic E-state index is -1.25. The molecule has 0 fully saturated rings. The Hall–Kier alpha value is -2.09. The first kappa shape index (κ1) is 13.9. The Labute approximate surface area is 126 Å². The second kappa shape index (κ2) is 5.36. The predicted octanol–water partition coefficient (Wildman–Crippen LogP) is 3.10. The van der Waals surface area contributed by atoms with E-state index in [2.05, 4.69) is 21.1 Å². The summed E-state index contributed by atoms with van der Waals surface area (Å²) in [6.45, 7) is 0.872. The molecule has 0 unspecified atom stereocenters. The lowest BCUT2D eigenvalue weighted by molar-refractivity contribution is 0.0686. The molecule has 0 saturated carbocycles. The van der Waals surface area contributed by atoms with Gasteiger partial charge < -0.3 is 19.1 Å². The number of hydrogen-bond acceptors (Lipinski definition) is 5. The Morgan fingerprint density at radius 3 is 2.81 bits per heavy atom. The lowest BCUT2D eigenvalue weighted by Crippen LogP contribution is -1.97. The lowest BCUT2D eigenvalue weighted by Gasteiger charge is -2.11. The van der Waals surface area contributed by atoms with E-state index < -0.39 is 11.8 Å². The number of rotatable bonds is 2. The molecule has 0 saturated heterocycles. The van der Waals surface area contributed by atoms with Crippen molar-refractivity contribution in [3.8, 4) is 22.8 Å². The van der Waals surface area contributed by atoms with Crippen molar-refractivity contribution in [3.05, 3.63) is 28.1 Å². The molecular formula is C13H9BrFNO5. The summed E-state index contributed by atoms with van der Waals surface area (Å²) in [4.78, 5) is 10.8. The minimum absolute atomic E-state index is 0.00115. The first-order valence-corrected chi connectivity index (χ1v) is 6.85.